The summed E-state index contributed by atoms with van der Waals surface area (Å²) in [6.45, 7) is 1.94. The van der Waals surface area contributed by atoms with Gasteiger partial charge in [0, 0.05) is 5.56 Å². The number of ether oxygens (including phenoxy) is 1. The number of esters is 1. The molecule has 3 aromatic carbocycles. The number of carbonyl (C=O) groups is 1. The first-order valence-electron chi connectivity index (χ1n) is 10.8. The van der Waals surface area contributed by atoms with E-state index >= 15 is 0 Å². The molecule has 0 amide bonds. The molecule has 5 aromatic rings. The predicted molar refractivity (Wildman–Crippen MR) is 135 cm³/mol. The Morgan fingerprint density at radius 2 is 1.63 bits per heavy atom. The lowest BCUT2D eigenvalue weighted by Gasteiger charge is -2.17. The lowest BCUT2D eigenvalue weighted by Crippen LogP contribution is -2.16. The maximum absolute atomic E-state index is 13.0. The van der Waals surface area contributed by atoms with Crippen LogP contribution in [0.2, 0.25) is 10.0 Å². The van der Waals surface area contributed by atoms with E-state index in [-0.39, 0.29) is 17.8 Å². The quantitative estimate of drug-likeness (QED) is 0.226. The number of halogens is 2. The Morgan fingerprint density at radius 1 is 0.943 bits per heavy atom. The van der Waals surface area contributed by atoms with Gasteiger partial charge in [-0.25, -0.2) is 14.5 Å². The Morgan fingerprint density at radius 3 is 2.26 bits per heavy atom. The van der Waals surface area contributed by atoms with Gasteiger partial charge in [0.15, 0.2) is 0 Å². The van der Waals surface area contributed by atoms with Crippen molar-refractivity contribution in [3.8, 4) is 28.3 Å². The maximum Gasteiger partial charge on any atom is 0.401 e. The van der Waals surface area contributed by atoms with E-state index in [0.29, 0.717) is 21.3 Å². The zero-order valence-electron chi connectivity index (χ0n) is 18.6. The van der Waals surface area contributed by atoms with Crippen molar-refractivity contribution in [2.45, 2.75) is 13.0 Å². The first-order chi connectivity index (χ1) is 17.0. The van der Waals surface area contributed by atoms with Crippen LogP contribution >= 0.6 is 23.2 Å². The monoisotopic (exact) mass is 503 g/mol. The van der Waals surface area contributed by atoms with Gasteiger partial charge < -0.3 is 9.15 Å². The van der Waals surface area contributed by atoms with Gasteiger partial charge in [-0.2, -0.15) is 5.10 Å². The van der Waals surface area contributed by atoms with Crippen LogP contribution in [0.4, 0.5) is 0 Å². The number of carbonyl (C=O) groups excluding carboxylic acids is 1. The Bertz CT molecular complexity index is 1470. The molecule has 0 saturated heterocycles. The third-order valence-corrected chi connectivity index (χ3v) is 6.30. The summed E-state index contributed by atoms with van der Waals surface area (Å²) in [6, 6.07) is 24.4. The summed E-state index contributed by atoms with van der Waals surface area (Å²) in [7, 11) is 0. The molecule has 0 radical (unpaired) electrons. The highest BCUT2D eigenvalue weighted by Crippen LogP contribution is 2.42. The first-order valence-corrected chi connectivity index (χ1v) is 11.6. The molecule has 0 aliphatic carbocycles. The van der Waals surface area contributed by atoms with Crippen LogP contribution in [-0.2, 0) is 0 Å². The van der Waals surface area contributed by atoms with Crippen molar-refractivity contribution >= 4 is 29.2 Å². The molecule has 5 rings (SSSR count). The van der Waals surface area contributed by atoms with Crippen molar-refractivity contribution in [2.75, 3.05) is 0 Å². The molecular weight excluding hydrogens is 485 g/mol. The van der Waals surface area contributed by atoms with E-state index in [1.54, 1.807) is 16.8 Å². The molecule has 0 aliphatic rings. The second-order valence-electron chi connectivity index (χ2n) is 7.78. The van der Waals surface area contributed by atoms with Crippen molar-refractivity contribution < 1.29 is 13.9 Å². The molecule has 35 heavy (non-hydrogen) atoms. The number of benzene rings is 3. The van der Waals surface area contributed by atoms with Gasteiger partial charge in [-0.1, -0.05) is 89.9 Å². The Labute approximate surface area is 211 Å². The summed E-state index contributed by atoms with van der Waals surface area (Å²) >= 11 is 12.4. The number of hydrogen-bond acceptors (Lipinski definition) is 5. The molecule has 0 fully saturated rings. The van der Waals surface area contributed by atoms with Crippen LogP contribution in [0.3, 0.4) is 0 Å². The number of oxazole rings is 1. The van der Waals surface area contributed by atoms with E-state index in [4.69, 9.17) is 37.5 Å². The molecule has 1 atom stereocenters. The number of hydrogen-bond donors (Lipinski definition) is 0. The second-order valence-corrected chi connectivity index (χ2v) is 8.60. The average molecular weight is 504 g/mol. The van der Waals surface area contributed by atoms with Crippen molar-refractivity contribution in [3.05, 3.63) is 113 Å². The zero-order valence-corrected chi connectivity index (χ0v) is 20.1. The average Bonchev–Trinajstić information content (AvgIpc) is 3.55. The highest BCUT2D eigenvalue weighted by Gasteiger charge is 2.28. The van der Waals surface area contributed by atoms with Crippen LogP contribution in [0.1, 0.15) is 29.2 Å². The minimum Gasteiger partial charge on any atom is -0.440 e. The van der Waals surface area contributed by atoms with Crippen molar-refractivity contribution in [2.24, 2.45) is 0 Å². The zero-order chi connectivity index (χ0) is 24.4. The summed E-state index contributed by atoms with van der Waals surface area (Å²) < 4.78 is 12.8. The molecule has 0 N–H and O–H groups in total. The predicted octanol–water partition coefficient (Wildman–Crippen LogP) is 7.34. The van der Waals surface area contributed by atoms with Gasteiger partial charge in [0.1, 0.15) is 12.0 Å². The van der Waals surface area contributed by atoms with Crippen molar-refractivity contribution in [1.29, 1.82) is 0 Å². The number of rotatable bonds is 6. The molecule has 0 spiro atoms. The van der Waals surface area contributed by atoms with E-state index in [1.807, 2.05) is 73.7 Å². The lowest BCUT2D eigenvalue weighted by atomic mass is 10.0. The lowest BCUT2D eigenvalue weighted by molar-refractivity contribution is 0.0675. The minimum absolute atomic E-state index is 0.153. The topological polar surface area (TPSA) is 70.2 Å². The normalized spacial score (nSPS) is 11.9. The molecule has 0 bridgehead atoms. The van der Waals surface area contributed by atoms with Crippen molar-refractivity contribution in [1.82, 2.24) is 14.8 Å². The molecule has 0 aliphatic heterocycles. The SMILES string of the molecule is CC(c1ccc(Cl)c(Cl)c1)n1nc(-c2ccccc2)c(-c2ccccc2)c1OC(=O)c1ncco1. The molecule has 2 aromatic heterocycles. The van der Waals surface area contributed by atoms with Crippen LogP contribution in [-0.4, -0.2) is 20.7 Å². The second kappa shape index (κ2) is 9.78. The van der Waals surface area contributed by atoms with Crippen LogP contribution in [0.15, 0.2) is 95.7 Å². The first kappa shape index (κ1) is 22.9. The van der Waals surface area contributed by atoms with Crippen LogP contribution in [0.25, 0.3) is 22.4 Å². The van der Waals surface area contributed by atoms with Crippen LogP contribution in [0, 0.1) is 0 Å². The van der Waals surface area contributed by atoms with Crippen LogP contribution in [0.5, 0.6) is 5.88 Å². The summed E-state index contributed by atoms with van der Waals surface area (Å²) in [6.07, 6.45) is 2.71. The fourth-order valence-corrected chi connectivity index (χ4v) is 4.12. The molecule has 8 heteroatoms. The third kappa shape index (κ3) is 4.58. The molecule has 1 unspecified atom stereocenters. The summed E-state index contributed by atoms with van der Waals surface area (Å²) in [5.41, 5.74) is 3.89. The maximum atomic E-state index is 13.0. The summed E-state index contributed by atoms with van der Waals surface area (Å²) in [4.78, 5) is 16.9. The third-order valence-electron chi connectivity index (χ3n) is 5.57. The largest absolute Gasteiger partial charge is 0.440 e. The van der Waals surface area contributed by atoms with Gasteiger partial charge in [0.2, 0.25) is 5.88 Å². The van der Waals surface area contributed by atoms with Gasteiger partial charge in [-0.05, 0) is 30.2 Å². The summed E-state index contributed by atoms with van der Waals surface area (Å²) in [5.74, 6) is -0.619. The van der Waals surface area contributed by atoms with Crippen LogP contribution < -0.4 is 4.74 Å². The fourth-order valence-electron chi connectivity index (χ4n) is 3.81. The number of nitrogens with zero attached hydrogens (tertiary/aromatic N) is 3. The highest BCUT2D eigenvalue weighted by atomic mass is 35.5. The van der Waals surface area contributed by atoms with Gasteiger partial charge in [-0.3, -0.25) is 0 Å². The molecule has 6 nitrogen and oxygen atoms in total. The Balaban J connectivity index is 1.74. The molecular formula is C27H19Cl2N3O3. The van der Waals surface area contributed by atoms with E-state index in [9.17, 15) is 4.79 Å². The smallest absolute Gasteiger partial charge is 0.401 e. The fraction of sp³-hybridized carbons (Fsp3) is 0.0741. The molecule has 0 saturated carbocycles. The van der Waals surface area contributed by atoms with Gasteiger partial charge in [0.25, 0.3) is 0 Å². The van der Waals surface area contributed by atoms with E-state index < -0.39 is 5.97 Å². The van der Waals surface area contributed by atoms with Gasteiger partial charge in [-0.15, -0.1) is 0 Å². The van der Waals surface area contributed by atoms with E-state index in [1.165, 1.54) is 12.5 Å². The van der Waals surface area contributed by atoms with Gasteiger partial charge >= 0.3 is 11.9 Å². The van der Waals surface area contributed by atoms with Gasteiger partial charge in [0.05, 0.1) is 27.8 Å². The number of aromatic nitrogens is 3. The van der Waals surface area contributed by atoms with E-state index in [0.717, 1.165) is 16.7 Å². The molecule has 174 valence electrons. The van der Waals surface area contributed by atoms with Crippen molar-refractivity contribution in [3.63, 3.8) is 0 Å². The Kier molecular flexibility index (Phi) is 6.40. The minimum atomic E-state index is -0.728. The highest BCUT2D eigenvalue weighted by molar-refractivity contribution is 6.42. The summed E-state index contributed by atoms with van der Waals surface area (Å²) in [5, 5.41) is 5.81. The molecule has 2 heterocycles. The van der Waals surface area contributed by atoms with E-state index in [2.05, 4.69) is 4.98 Å². The standard InChI is InChI=1S/C27H19Cl2N3O3/c1-17(20-12-13-21(28)22(29)16-20)32-26(35-27(33)25-30-14-15-34-25)23(18-8-4-2-5-9-18)24(31-32)19-10-6-3-7-11-19/h2-17H,1H3. The Hall–Kier alpha value is -3.87.